The first-order valence-corrected chi connectivity index (χ1v) is 7.04. The van der Waals surface area contributed by atoms with E-state index in [2.05, 4.69) is 31.4 Å². The molecule has 0 atom stereocenters. The van der Waals surface area contributed by atoms with Crippen molar-refractivity contribution in [2.45, 2.75) is 0 Å². The predicted octanol–water partition coefficient (Wildman–Crippen LogP) is 4.35. The Bertz CT molecular complexity index is 788. The summed E-state index contributed by atoms with van der Waals surface area (Å²) in [6, 6.07) is 11.9. The Hall–Kier alpha value is -2.21. The molecule has 106 valence electrons. The summed E-state index contributed by atoms with van der Waals surface area (Å²) in [7, 11) is 1.82. The lowest BCUT2D eigenvalue weighted by molar-refractivity contribution is 0.432. The standard InChI is InChI=1S/C15H11BrFN3O/c1-18-13-5-3-2-4-10(13)15-19-14(20-21-15)11-8-9(17)6-7-12(11)16/h2-8,18H,1H3. The first-order valence-electron chi connectivity index (χ1n) is 6.25. The fourth-order valence-electron chi connectivity index (χ4n) is 2.00. The number of hydrogen-bond donors (Lipinski definition) is 1. The highest BCUT2D eigenvalue weighted by atomic mass is 79.9. The lowest BCUT2D eigenvalue weighted by Gasteiger charge is -2.03. The van der Waals surface area contributed by atoms with Crippen LogP contribution in [0.25, 0.3) is 22.8 Å². The van der Waals surface area contributed by atoms with Crippen LogP contribution in [0.2, 0.25) is 0 Å². The Labute approximate surface area is 129 Å². The minimum Gasteiger partial charge on any atom is -0.387 e. The van der Waals surface area contributed by atoms with E-state index in [-0.39, 0.29) is 5.82 Å². The van der Waals surface area contributed by atoms with Gasteiger partial charge in [0.1, 0.15) is 5.82 Å². The van der Waals surface area contributed by atoms with Crippen molar-refractivity contribution >= 4 is 21.6 Å². The van der Waals surface area contributed by atoms with E-state index >= 15 is 0 Å². The van der Waals surface area contributed by atoms with E-state index in [1.165, 1.54) is 12.1 Å². The number of anilines is 1. The Balaban J connectivity index is 2.06. The second-order valence-electron chi connectivity index (χ2n) is 4.34. The molecule has 3 rings (SSSR count). The monoisotopic (exact) mass is 347 g/mol. The van der Waals surface area contributed by atoms with E-state index in [0.29, 0.717) is 21.8 Å². The van der Waals surface area contributed by atoms with Crippen LogP contribution in [-0.4, -0.2) is 17.2 Å². The van der Waals surface area contributed by atoms with Gasteiger partial charge >= 0.3 is 0 Å². The van der Waals surface area contributed by atoms with Crippen LogP contribution in [0.5, 0.6) is 0 Å². The third-order valence-electron chi connectivity index (χ3n) is 3.02. The summed E-state index contributed by atoms with van der Waals surface area (Å²) in [5.74, 6) is 0.364. The van der Waals surface area contributed by atoms with Crippen LogP contribution in [0.3, 0.4) is 0 Å². The number of rotatable bonds is 3. The molecule has 0 aliphatic rings. The van der Waals surface area contributed by atoms with Gasteiger partial charge in [-0.1, -0.05) is 33.2 Å². The number of nitrogens with one attached hydrogen (secondary N) is 1. The average molecular weight is 348 g/mol. The highest BCUT2D eigenvalue weighted by Gasteiger charge is 2.15. The smallest absolute Gasteiger partial charge is 0.260 e. The van der Waals surface area contributed by atoms with Gasteiger partial charge in [0.05, 0.1) is 5.56 Å². The number of nitrogens with zero attached hydrogens (tertiary/aromatic N) is 2. The summed E-state index contributed by atoms with van der Waals surface area (Å²) in [6.07, 6.45) is 0. The van der Waals surface area contributed by atoms with Crippen LogP contribution in [0.4, 0.5) is 10.1 Å². The lowest BCUT2D eigenvalue weighted by atomic mass is 10.1. The first kappa shape index (κ1) is 13.8. The molecule has 1 aromatic heterocycles. The van der Waals surface area contributed by atoms with Crippen LogP contribution in [0.15, 0.2) is 51.5 Å². The molecule has 1 N–H and O–H groups in total. The van der Waals surface area contributed by atoms with Crippen molar-refractivity contribution in [2.24, 2.45) is 0 Å². The minimum atomic E-state index is -0.352. The molecule has 0 radical (unpaired) electrons. The van der Waals surface area contributed by atoms with E-state index in [0.717, 1.165) is 11.3 Å². The van der Waals surface area contributed by atoms with Gasteiger partial charge in [-0.05, 0) is 30.3 Å². The summed E-state index contributed by atoms with van der Waals surface area (Å²) in [6.45, 7) is 0. The zero-order valence-corrected chi connectivity index (χ0v) is 12.7. The van der Waals surface area contributed by atoms with Gasteiger partial charge in [-0.2, -0.15) is 4.98 Å². The molecule has 0 aliphatic carbocycles. The average Bonchev–Trinajstić information content (AvgIpc) is 2.99. The summed E-state index contributed by atoms with van der Waals surface area (Å²) in [5, 5.41) is 7.00. The fraction of sp³-hybridized carbons (Fsp3) is 0.0667. The fourth-order valence-corrected chi connectivity index (χ4v) is 2.42. The van der Waals surface area contributed by atoms with Gasteiger partial charge < -0.3 is 9.84 Å². The number of para-hydroxylation sites is 1. The quantitative estimate of drug-likeness (QED) is 0.765. The first-order chi connectivity index (χ1) is 10.2. The van der Waals surface area contributed by atoms with E-state index in [1.54, 1.807) is 6.07 Å². The van der Waals surface area contributed by atoms with Crippen molar-refractivity contribution in [1.29, 1.82) is 0 Å². The van der Waals surface area contributed by atoms with Gasteiger partial charge in [-0.25, -0.2) is 4.39 Å². The molecule has 0 saturated heterocycles. The summed E-state index contributed by atoms with van der Waals surface area (Å²) < 4.78 is 19.4. The molecule has 0 unspecified atom stereocenters. The number of hydrogen-bond acceptors (Lipinski definition) is 4. The molecule has 0 bridgehead atoms. The molecule has 0 fully saturated rings. The summed E-state index contributed by atoms with van der Waals surface area (Å²) in [4.78, 5) is 4.35. The van der Waals surface area contributed by atoms with Gasteiger partial charge in [0.15, 0.2) is 0 Å². The Morgan fingerprint density at radius 3 is 2.76 bits per heavy atom. The van der Waals surface area contributed by atoms with Crippen molar-refractivity contribution in [1.82, 2.24) is 10.1 Å². The normalized spacial score (nSPS) is 10.6. The molecule has 0 amide bonds. The molecule has 1 heterocycles. The molecule has 0 aliphatic heterocycles. The molecule has 21 heavy (non-hydrogen) atoms. The highest BCUT2D eigenvalue weighted by Crippen LogP contribution is 2.31. The topological polar surface area (TPSA) is 51.0 Å². The van der Waals surface area contributed by atoms with Crippen LogP contribution >= 0.6 is 15.9 Å². The van der Waals surface area contributed by atoms with Gasteiger partial charge in [-0.3, -0.25) is 0 Å². The third-order valence-corrected chi connectivity index (χ3v) is 3.71. The largest absolute Gasteiger partial charge is 0.387 e. The Morgan fingerprint density at radius 1 is 1.14 bits per heavy atom. The maximum Gasteiger partial charge on any atom is 0.260 e. The van der Waals surface area contributed by atoms with Gasteiger partial charge in [0, 0.05) is 22.8 Å². The number of halogens is 2. The zero-order chi connectivity index (χ0) is 14.8. The molecular formula is C15H11BrFN3O. The number of benzene rings is 2. The van der Waals surface area contributed by atoms with E-state index < -0.39 is 0 Å². The predicted molar refractivity (Wildman–Crippen MR) is 82.4 cm³/mol. The lowest BCUT2D eigenvalue weighted by Crippen LogP contribution is -1.91. The molecule has 2 aromatic carbocycles. The van der Waals surface area contributed by atoms with E-state index in [1.807, 2.05) is 31.3 Å². The molecule has 0 spiro atoms. The second-order valence-corrected chi connectivity index (χ2v) is 5.20. The van der Waals surface area contributed by atoms with Crippen molar-refractivity contribution in [2.75, 3.05) is 12.4 Å². The van der Waals surface area contributed by atoms with Crippen molar-refractivity contribution in [3.05, 3.63) is 52.8 Å². The van der Waals surface area contributed by atoms with Crippen molar-refractivity contribution < 1.29 is 8.91 Å². The Morgan fingerprint density at radius 2 is 1.95 bits per heavy atom. The van der Waals surface area contributed by atoms with Crippen molar-refractivity contribution in [3.8, 4) is 22.8 Å². The maximum absolute atomic E-state index is 13.4. The van der Waals surface area contributed by atoms with E-state index in [9.17, 15) is 4.39 Å². The third kappa shape index (κ3) is 2.67. The summed E-state index contributed by atoms with van der Waals surface area (Å²) >= 11 is 3.36. The van der Waals surface area contributed by atoms with Crippen LogP contribution in [0, 0.1) is 5.82 Å². The van der Waals surface area contributed by atoms with Gasteiger partial charge in [0.2, 0.25) is 5.82 Å². The highest BCUT2D eigenvalue weighted by molar-refractivity contribution is 9.10. The zero-order valence-electron chi connectivity index (χ0n) is 11.1. The van der Waals surface area contributed by atoms with E-state index in [4.69, 9.17) is 4.52 Å². The molecular weight excluding hydrogens is 337 g/mol. The molecule has 3 aromatic rings. The number of aromatic nitrogens is 2. The van der Waals surface area contributed by atoms with Crippen molar-refractivity contribution in [3.63, 3.8) is 0 Å². The van der Waals surface area contributed by atoms with Crippen LogP contribution in [0.1, 0.15) is 0 Å². The molecule has 6 heteroatoms. The molecule has 4 nitrogen and oxygen atoms in total. The van der Waals surface area contributed by atoms with Crippen LogP contribution < -0.4 is 5.32 Å². The summed E-state index contributed by atoms with van der Waals surface area (Å²) in [5.41, 5.74) is 2.23. The van der Waals surface area contributed by atoms with Gasteiger partial charge in [0.25, 0.3) is 5.89 Å². The Kier molecular flexibility index (Phi) is 3.70. The second kappa shape index (κ2) is 5.65. The van der Waals surface area contributed by atoms with Gasteiger partial charge in [-0.15, -0.1) is 0 Å². The SMILES string of the molecule is CNc1ccccc1-c1nc(-c2cc(F)ccc2Br)no1. The maximum atomic E-state index is 13.4. The minimum absolute atomic E-state index is 0.335. The van der Waals surface area contributed by atoms with Crippen LogP contribution in [-0.2, 0) is 0 Å². The molecule has 0 saturated carbocycles.